The lowest BCUT2D eigenvalue weighted by Gasteiger charge is -2.40. The van der Waals surface area contributed by atoms with Crippen molar-refractivity contribution >= 4 is 26.1 Å². The lowest BCUT2D eigenvalue weighted by Crippen LogP contribution is -2.50. The van der Waals surface area contributed by atoms with Gasteiger partial charge in [-0.25, -0.2) is 9.59 Å². The van der Waals surface area contributed by atoms with E-state index < -0.39 is 56.1 Å². The molecule has 11 heteroatoms. The van der Waals surface area contributed by atoms with Crippen molar-refractivity contribution < 1.29 is 33.0 Å². The molecule has 1 aromatic heterocycles. The van der Waals surface area contributed by atoms with Crippen LogP contribution in [0.25, 0.3) is 0 Å². The molecular weight excluding hydrogens is 494 g/mol. The SMILES string of the molecule is CCOC(=O)c1[nH]cc(C2C3OC(C)(C)OC3C(CO[Si](C)(C)C(C)(C)C)N2C(=O)OC(C)(C)C)c1N. The average Bonchev–Trinajstić information content (AvgIpc) is 3.32. The van der Waals surface area contributed by atoms with Gasteiger partial charge in [0, 0.05) is 11.8 Å². The van der Waals surface area contributed by atoms with E-state index in [0.717, 1.165) is 0 Å². The maximum atomic E-state index is 13.7. The number of nitrogen functional groups attached to an aromatic ring is 1. The Morgan fingerprint density at radius 2 is 1.73 bits per heavy atom. The summed E-state index contributed by atoms with van der Waals surface area (Å²) in [5, 5.41) is -0.0208. The summed E-state index contributed by atoms with van der Waals surface area (Å²) in [7, 11) is -2.16. The smallest absolute Gasteiger partial charge is 0.411 e. The second-order valence-electron chi connectivity index (χ2n) is 12.8. The van der Waals surface area contributed by atoms with Gasteiger partial charge in [0.05, 0.1) is 31.0 Å². The van der Waals surface area contributed by atoms with Crippen LogP contribution < -0.4 is 5.73 Å². The van der Waals surface area contributed by atoms with Gasteiger partial charge in [-0.2, -0.15) is 0 Å². The molecule has 0 aromatic carbocycles. The molecule has 3 heterocycles. The van der Waals surface area contributed by atoms with Crippen LogP contribution in [0.4, 0.5) is 10.5 Å². The van der Waals surface area contributed by atoms with E-state index in [1.807, 2.05) is 34.6 Å². The Kier molecular flexibility index (Phi) is 7.89. The van der Waals surface area contributed by atoms with Crippen molar-refractivity contribution in [2.45, 2.75) is 116 Å². The maximum absolute atomic E-state index is 13.7. The number of anilines is 1. The molecule has 3 N–H and O–H groups in total. The van der Waals surface area contributed by atoms with Gasteiger partial charge in [0.15, 0.2) is 14.1 Å². The fourth-order valence-electron chi connectivity index (χ4n) is 4.52. The molecule has 3 rings (SSSR count). The van der Waals surface area contributed by atoms with Crippen molar-refractivity contribution in [3.8, 4) is 0 Å². The number of nitrogens with one attached hydrogen (secondary N) is 1. The summed E-state index contributed by atoms with van der Waals surface area (Å²) in [6.45, 7) is 22.2. The average molecular weight is 540 g/mol. The predicted molar refractivity (Wildman–Crippen MR) is 143 cm³/mol. The standard InChI is InChI=1S/C26H45N3O7Si/c1-12-32-22(30)18-17(27)15(13-28-18)19-21-20(34-26(8,9)35-21)16(14-33-37(10,11)25(5,6)7)29(19)23(31)36-24(2,3)4/h13,16,19-21,28H,12,14,27H2,1-11H3. The Hall–Kier alpha value is -2.08. The molecule has 2 aliphatic heterocycles. The monoisotopic (exact) mass is 539 g/mol. The van der Waals surface area contributed by atoms with Crippen LogP contribution >= 0.6 is 0 Å². The van der Waals surface area contributed by atoms with Crippen LogP contribution in [0.15, 0.2) is 6.20 Å². The first kappa shape index (κ1) is 29.5. The number of hydrogen-bond donors (Lipinski definition) is 2. The molecule has 210 valence electrons. The third kappa shape index (κ3) is 5.99. The minimum atomic E-state index is -2.16. The minimum absolute atomic E-state index is 0.0208. The summed E-state index contributed by atoms with van der Waals surface area (Å²) in [5.74, 6) is -1.44. The van der Waals surface area contributed by atoms with Gasteiger partial charge in [-0.15, -0.1) is 0 Å². The predicted octanol–water partition coefficient (Wildman–Crippen LogP) is 4.98. The highest BCUT2D eigenvalue weighted by atomic mass is 28.4. The van der Waals surface area contributed by atoms with Gasteiger partial charge in [0.25, 0.3) is 0 Å². The maximum Gasteiger partial charge on any atom is 0.411 e. The molecule has 0 bridgehead atoms. The molecular formula is C26H45N3O7Si. The van der Waals surface area contributed by atoms with E-state index in [0.29, 0.717) is 5.56 Å². The summed E-state index contributed by atoms with van der Waals surface area (Å²) in [6, 6.07) is -1.17. The Balaban J connectivity index is 2.09. The van der Waals surface area contributed by atoms with E-state index in [9.17, 15) is 9.59 Å². The molecule has 37 heavy (non-hydrogen) atoms. The van der Waals surface area contributed by atoms with E-state index in [2.05, 4.69) is 38.8 Å². The number of esters is 1. The number of amides is 1. The van der Waals surface area contributed by atoms with Crippen molar-refractivity contribution in [2.24, 2.45) is 0 Å². The number of likely N-dealkylation sites (tertiary alicyclic amines) is 1. The number of nitrogens with two attached hydrogens (primary N) is 1. The summed E-state index contributed by atoms with van der Waals surface area (Å²) >= 11 is 0. The zero-order chi connectivity index (χ0) is 28.1. The molecule has 0 spiro atoms. The number of carbonyl (C=O) groups is 2. The van der Waals surface area contributed by atoms with E-state index in [1.165, 1.54) is 0 Å². The number of rotatable bonds is 6. The molecule has 4 atom stereocenters. The van der Waals surface area contributed by atoms with Crippen LogP contribution in [0.5, 0.6) is 0 Å². The van der Waals surface area contributed by atoms with Crippen molar-refractivity contribution in [1.29, 1.82) is 0 Å². The zero-order valence-electron chi connectivity index (χ0n) is 24.2. The summed E-state index contributed by atoms with van der Waals surface area (Å²) in [4.78, 5) is 30.8. The number of carbonyl (C=O) groups excluding carboxylic acids is 2. The van der Waals surface area contributed by atoms with Crippen LogP contribution in [0, 0.1) is 0 Å². The van der Waals surface area contributed by atoms with Gasteiger partial charge >= 0.3 is 12.1 Å². The number of ether oxygens (including phenoxy) is 4. The van der Waals surface area contributed by atoms with Crippen molar-refractivity contribution in [2.75, 3.05) is 18.9 Å². The molecule has 2 fully saturated rings. The molecule has 2 saturated heterocycles. The lowest BCUT2D eigenvalue weighted by atomic mass is 10.0. The molecule has 1 aromatic rings. The molecule has 0 aliphatic carbocycles. The number of hydrogen-bond acceptors (Lipinski definition) is 8. The summed E-state index contributed by atoms with van der Waals surface area (Å²) < 4.78 is 30.3. The lowest BCUT2D eigenvalue weighted by molar-refractivity contribution is -0.168. The van der Waals surface area contributed by atoms with Gasteiger partial charge in [-0.05, 0) is 59.7 Å². The topological polar surface area (TPSA) is 125 Å². The third-order valence-corrected chi connectivity index (χ3v) is 11.8. The molecule has 2 aliphatic rings. The second-order valence-corrected chi connectivity index (χ2v) is 17.6. The van der Waals surface area contributed by atoms with Gasteiger partial charge in [0.1, 0.15) is 23.5 Å². The quantitative estimate of drug-likeness (QED) is 0.383. The van der Waals surface area contributed by atoms with Crippen LogP contribution in [0.3, 0.4) is 0 Å². The third-order valence-electron chi connectivity index (χ3n) is 7.29. The number of fused-ring (bicyclic) bond motifs is 1. The Labute approximate surface area is 221 Å². The molecule has 0 radical (unpaired) electrons. The van der Waals surface area contributed by atoms with Crippen molar-refractivity contribution in [3.63, 3.8) is 0 Å². The van der Waals surface area contributed by atoms with Gasteiger partial charge in [-0.1, -0.05) is 20.8 Å². The number of aromatic amines is 1. The zero-order valence-corrected chi connectivity index (χ0v) is 25.2. The van der Waals surface area contributed by atoms with E-state index in [-0.39, 0.29) is 29.6 Å². The van der Waals surface area contributed by atoms with Crippen LogP contribution in [-0.4, -0.2) is 73.1 Å². The van der Waals surface area contributed by atoms with E-state index >= 15 is 0 Å². The molecule has 0 saturated carbocycles. The normalized spacial score (nSPS) is 25.8. The Morgan fingerprint density at radius 1 is 1.14 bits per heavy atom. The van der Waals surface area contributed by atoms with Crippen LogP contribution in [-0.2, 0) is 23.4 Å². The first-order chi connectivity index (χ1) is 16.8. The fourth-order valence-corrected chi connectivity index (χ4v) is 5.54. The molecule has 10 nitrogen and oxygen atoms in total. The van der Waals surface area contributed by atoms with Crippen LogP contribution in [0.2, 0.25) is 18.1 Å². The summed E-state index contributed by atoms with van der Waals surface area (Å²) in [6.07, 6.45) is 0.0623. The van der Waals surface area contributed by atoms with Gasteiger partial charge in [-0.3, -0.25) is 4.90 Å². The van der Waals surface area contributed by atoms with Crippen molar-refractivity contribution in [3.05, 3.63) is 17.5 Å². The molecule has 1 amide bonds. The largest absolute Gasteiger partial charge is 0.461 e. The first-order valence-electron chi connectivity index (χ1n) is 12.9. The number of H-pyrrole nitrogens is 1. The Morgan fingerprint density at radius 3 is 2.27 bits per heavy atom. The van der Waals surface area contributed by atoms with Gasteiger partial charge in [0.2, 0.25) is 0 Å². The number of nitrogens with zero attached hydrogens (tertiary/aromatic N) is 1. The van der Waals surface area contributed by atoms with Gasteiger partial charge < -0.3 is 34.1 Å². The number of aromatic nitrogens is 1. The molecule has 4 unspecified atom stereocenters. The first-order valence-corrected chi connectivity index (χ1v) is 15.9. The summed E-state index contributed by atoms with van der Waals surface area (Å²) in [5.41, 5.74) is 6.62. The fraction of sp³-hybridized carbons (Fsp3) is 0.769. The highest BCUT2D eigenvalue weighted by molar-refractivity contribution is 6.74. The van der Waals surface area contributed by atoms with Crippen molar-refractivity contribution in [1.82, 2.24) is 9.88 Å². The minimum Gasteiger partial charge on any atom is -0.461 e. The van der Waals surface area contributed by atoms with E-state index in [4.69, 9.17) is 29.1 Å². The Bertz CT molecular complexity index is 1010. The second kappa shape index (κ2) is 9.90. The highest BCUT2D eigenvalue weighted by Crippen LogP contribution is 2.50. The van der Waals surface area contributed by atoms with E-state index in [1.54, 1.807) is 18.0 Å². The van der Waals surface area contributed by atoms with Crippen LogP contribution in [0.1, 0.15) is 84.4 Å². The highest BCUT2D eigenvalue weighted by Gasteiger charge is 2.61.